The molecule has 5 N–H and O–H groups in total. The first-order chi connectivity index (χ1) is 8.68. The first-order valence-corrected chi connectivity index (χ1v) is 6.64. The number of primary amides is 1. The number of carbonyl (C=O) groups is 3. The van der Waals surface area contributed by atoms with Crippen molar-refractivity contribution in [3.63, 3.8) is 0 Å². The summed E-state index contributed by atoms with van der Waals surface area (Å²) < 4.78 is 30.2. The van der Waals surface area contributed by atoms with Crippen LogP contribution < -0.4 is 15.2 Å². The fourth-order valence-corrected chi connectivity index (χ4v) is 1.94. The fourth-order valence-electron chi connectivity index (χ4n) is 1.01. The molecule has 0 rings (SSSR count). The summed E-state index contributed by atoms with van der Waals surface area (Å²) in [6.45, 7) is 1.41. The normalized spacial score (nSPS) is 12.5. The Balaban J connectivity index is 4.60. The minimum Gasteiger partial charge on any atom is -0.480 e. The Morgan fingerprint density at radius 3 is 2.37 bits per heavy atom. The van der Waals surface area contributed by atoms with Gasteiger partial charge < -0.3 is 15.6 Å². The van der Waals surface area contributed by atoms with Crippen LogP contribution in [0.25, 0.3) is 0 Å². The largest absolute Gasteiger partial charge is 0.480 e. The molecule has 0 aromatic rings. The van der Waals surface area contributed by atoms with Crippen molar-refractivity contribution in [2.45, 2.75) is 25.8 Å². The number of amides is 2. The number of carbonyl (C=O) groups excluding carboxylic acids is 2. The van der Waals surface area contributed by atoms with Crippen LogP contribution in [0.1, 0.15) is 19.8 Å². The third-order valence-electron chi connectivity index (χ3n) is 1.77. The van der Waals surface area contributed by atoms with Crippen molar-refractivity contribution in [3.8, 4) is 0 Å². The van der Waals surface area contributed by atoms with Crippen molar-refractivity contribution in [1.29, 1.82) is 0 Å². The lowest BCUT2D eigenvalue weighted by atomic mass is 10.2. The molecule has 1 atom stereocenters. The summed E-state index contributed by atoms with van der Waals surface area (Å²) in [6.07, 6.45) is -1.90. The number of ether oxygens (including phenoxy) is 1. The van der Waals surface area contributed by atoms with E-state index >= 15 is 0 Å². The molecule has 0 saturated heterocycles. The third-order valence-corrected chi connectivity index (χ3v) is 2.80. The van der Waals surface area contributed by atoms with Gasteiger partial charge in [0.05, 0.1) is 6.61 Å². The topological polar surface area (TPSA) is 165 Å². The van der Waals surface area contributed by atoms with Crippen LogP contribution in [0.15, 0.2) is 0 Å². The van der Waals surface area contributed by atoms with E-state index in [2.05, 4.69) is 4.74 Å². The molecule has 0 aliphatic rings. The van der Waals surface area contributed by atoms with Crippen molar-refractivity contribution >= 4 is 28.2 Å². The average molecular weight is 297 g/mol. The van der Waals surface area contributed by atoms with Crippen LogP contribution in [0, 0.1) is 0 Å². The molecule has 0 heterocycles. The molecule has 110 valence electrons. The maximum atomic E-state index is 11.4. The number of aliphatic carboxylic acids is 1. The van der Waals surface area contributed by atoms with E-state index in [-0.39, 0.29) is 19.4 Å². The van der Waals surface area contributed by atoms with Crippen molar-refractivity contribution in [2.24, 2.45) is 5.73 Å². The van der Waals surface area contributed by atoms with E-state index in [0.29, 0.717) is 0 Å². The second-order valence-electron chi connectivity index (χ2n) is 3.34. The highest BCUT2D eigenvalue weighted by Crippen LogP contribution is 1.99. The summed E-state index contributed by atoms with van der Waals surface area (Å²) in [4.78, 5) is 32.2. The predicted octanol–water partition coefficient (Wildman–Crippen LogP) is -1.71. The lowest BCUT2D eigenvalue weighted by Crippen LogP contribution is -2.48. The lowest BCUT2D eigenvalue weighted by Gasteiger charge is -2.14. The Bertz CT molecular complexity index is 447. The van der Waals surface area contributed by atoms with Crippen molar-refractivity contribution in [2.75, 3.05) is 6.61 Å². The summed E-state index contributed by atoms with van der Waals surface area (Å²) >= 11 is 0. The zero-order valence-electron chi connectivity index (χ0n) is 10.1. The molecule has 19 heavy (non-hydrogen) atoms. The molecule has 0 aromatic heterocycles. The zero-order valence-corrected chi connectivity index (χ0v) is 10.9. The van der Waals surface area contributed by atoms with Gasteiger partial charge in [-0.25, -0.2) is 9.52 Å². The van der Waals surface area contributed by atoms with Crippen molar-refractivity contribution < 1.29 is 32.6 Å². The number of nitrogens with two attached hydrogens (primary N) is 1. The summed E-state index contributed by atoms with van der Waals surface area (Å²) in [7, 11) is -4.40. The maximum absolute atomic E-state index is 11.4. The third kappa shape index (κ3) is 7.94. The Morgan fingerprint density at radius 1 is 1.37 bits per heavy atom. The first-order valence-electron chi connectivity index (χ1n) is 5.16. The standard InChI is InChI=1S/C8H15N3O7S/c1-2-18-8(15)11-19(16,17)10-5(7(13)14)3-4-6(9)12/h5,10H,2-4H2,1H3,(H2,9,12)(H,11,15)(H,13,14)/t5-/m1/s1. The Hall–Kier alpha value is -1.88. The number of rotatable bonds is 8. The fraction of sp³-hybridized carbons (Fsp3) is 0.625. The van der Waals surface area contributed by atoms with E-state index in [0.717, 1.165) is 0 Å². The van der Waals surface area contributed by atoms with E-state index in [9.17, 15) is 22.8 Å². The van der Waals surface area contributed by atoms with Gasteiger partial charge in [0.1, 0.15) is 6.04 Å². The summed E-state index contributed by atoms with van der Waals surface area (Å²) in [5.41, 5.74) is 4.83. The predicted molar refractivity (Wildman–Crippen MR) is 62.1 cm³/mol. The second kappa shape index (κ2) is 7.53. The second-order valence-corrected chi connectivity index (χ2v) is 4.79. The van der Waals surface area contributed by atoms with Crippen molar-refractivity contribution in [3.05, 3.63) is 0 Å². The minimum atomic E-state index is -4.40. The molecule has 2 amide bonds. The molecule has 0 bridgehead atoms. The minimum absolute atomic E-state index is 0.0502. The molecular formula is C8H15N3O7S. The molecule has 0 saturated carbocycles. The first kappa shape index (κ1) is 17.1. The highest BCUT2D eigenvalue weighted by molar-refractivity contribution is 7.88. The van der Waals surface area contributed by atoms with Crippen molar-refractivity contribution in [1.82, 2.24) is 9.44 Å². The monoisotopic (exact) mass is 297 g/mol. The molecule has 0 radical (unpaired) electrons. The van der Waals surface area contributed by atoms with E-state index in [4.69, 9.17) is 10.8 Å². The zero-order chi connectivity index (χ0) is 15.1. The van der Waals surface area contributed by atoms with Gasteiger partial charge in [-0.2, -0.15) is 13.1 Å². The van der Waals surface area contributed by atoms with Gasteiger partial charge in [-0.05, 0) is 13.3 Å². The molecular weight excluding hydrogens is 282 g/mol. The highest BCUT2D eigenvalue weighted by Gasteiger charge is 2.25. The average Bonchev–Trinajstić information content (AvgIpc) is 2.22. The van der Waals surface area contributed by atoms with Crippen LogP contribution in [0.3, 0.4) is 0 Å². The highest BCUT2D eigenvalue weighted by atomic mass is 32.2. The van der Waals surface area contributed by atoms with Gasteiger partial charge in [0.15, 0.2) is 0 Å². The summed E-state index contributed by atoms with van der Waals surface area (Å²) in [5.74, 6) is -2.28. The molecule has 0 fully saturated rings. The number of carboxylic acid groups (broad SMARTS) is 1. The van der Waals surface area contributed by atoms with E-state index in [1.165, 1.54) is 11.6 Å². The van der Waals surface area contributed by atoms with Crippen LogP contribution in [0.5, 0.6) is 0 Å². The van der Waals surface area contributed by atoms with Gasteiger partial charge >= 0.3 is 22.3 Å². The van der Waals surface area contributed by atoms with Crippen LogP contribution in [-0.4, -0.2) is 44.1 Å². The molecule has 10 nitrogen and oxygen atoms in total. The summed E-state index contributed by atoms with van der Waals surface area (Å²) in [6, 6.07) is -1.58. The molecule has 0 aliphatic carbocycles. The van der Waals surface area contributed by atoms with Gasteiger partial charge in [-0.3, -0.25) is 9.59 Å². The number of nitrogens with one attached hydrogen (secondary N) is 2. The van der Waals surface area contributed by atoms with Gasteiger partial charge in [0, 0.05) is 6.42 Å². The van der Waals surface area contributed by atoms with Gasteiger partial charge in [0.25, 0.3) is 0 Å². The van der Waals surface area contributed by atoms with E-state index in [1.54, 1.807) is 4.72 Å². The van der Waals surface area contributed by atoms with Gasteiger partial charge in [0.2, 0.25) is 5.91 Å². The van der Waals surface area contributed by atoms with Crippen LogP contribution in [0.2, 0.25) is 0 Å². The Kier molecular flexibility index (Phi) is 6.79. The summed E-state index contributed by atoms with van der Waals surface area (Å²) in [5, 5.41) is 8.76. The Morgan fingerprint density at radius 2 is 1.95 bits per heavy atom. The van der Waals surface area contributed by atoms with E-state index in [1.807, 2.05) is 0 Å². The number of carboxylic acids is 1. The van der Waals surface area contributed by atoms with Gasteiger partial charge in [-0.1, -0.05) is 0 Å². The van der Waals surface area contributed by atoms with Crippen LogP contribution in [0.4, 0.5) is 4.79 Å². The molecule has 0 aliphatic heterocycles. The van der Waals surface area contributed by atoms with E-state index < -0.39 is 34.2 Å². The molecule has 0 spiro atoms. The van der Waals surface area contributed by atoms with Crippen LogP contribution in [-0.2, 0) is 24.5 Å². The quantitative estimate of drug-likeness (QED) is 0.414. The number of hydrogen-bond donors (Lipinski definition) is 4. The Labute approximate surface area is 109 Å². The molecule has 0 unspecified atom stereocenters. The molecule has 11 heteroatoms. The SMILES string of the molecule is CCOC(=O)NS(=O)(=O)N[C@H](CCC(N)=O)C(=O)O. The number of hydrogen-bond acceptors (Lipinski definition) is 6. The smallest absolute Gasteiger partial charge is 0.421 e. The maximum Gasteiger partial charge on any atom is 0.421 e. The van der Waals surface area contributed by atoms with Gasteiger partial charge in [-0.15, -0.1) is 0 Å². The lowest BCUT2D eigenvalue weighted by molar-refractivity contribution is -0.139. The molecule has 0 aromatic carbocycles. The van der Waals surface area contributed by atoms with Crippen LogP contribution >= 0.6 is 0 Å².